The second-order valence-electron chi connectivity index (χ2n) is 4.47. The Labute approximate surface area is 120 Å². The number of hydrogen-bond donors (Lipinski definition) is 1. The van der Waals surface area contributed by atoms with E-state index in [0.29, 0.717) is 6.54 Å². The summed E-state index contributed by atoms with van der Waals surface area (Å²) in [7, 11) is 0. The molecule has 100 valence electrons. The van der Waals surface area contributed by atoms with Gasteiger partial charge in [0.2, 0.25) is 0 Å². The highest BCUT2D eigenvalue weighted by molar-refractivity contribution is 9.10. The summed E-state index contributed by atoms with van der Waals surface area (Å²) in [6.45, 7) is 4.41. The van der Waals surface area contributed by atoms with E-state index in [2.05, 4.69) is 27.1 Å². The van der Waals surface area contributed by atoms with Crippen molar-refractivity contribution in [3.05, 3.63) is 40.1 Å². The van der Waals surface area contributed by atoms with E-state index in [0.717, 1.165) is 26.9 Å². The molecule has 0 radical (unpaired) electrons. The van der Waals surface area contributed by atoms with Crippen molar-refractivity contribution in [2.24, 2.45) is 0 Å². The predicted octanol–water partition coefficient (Wildman–Crippen LogP) is 3.40. The number of aromatic nitrogens is 2. The van der Waals surface area contributed by atoms with Crippen LogP contribution < -0.4 is 0 Å². The smallest absolute Gasteiger partial charge is 0.305 e. The van der Waals surface area contributed by atoms with Gasteiger partial charge in [0.25, 0.3) is 0 Å². The lowest BCUT2D eigenvalue weighted by molar-refractivity contribution is -0.137. The standard InChI is InChI=1S/C14H15BrN2O2/c1-9-7-11(15)3-4-12(9)13-8-16-17(10(13)2)6-5-14(18)19/h3-4,7-8H,5-6H2,1-2H3,(H,18,19). The second kappa shape index (κ2) is 5.57. The fraction of sp³-hybridized carbons (Fsp3) is 0.286. The zero-order valence-corrected chi connectivity index (χ0v) is 12.4. The van der Waals surface area contributed by atoms with E-state index in [1.165, 1.54) is 0 Å². The largest absolute Gasteiger partial charge is 0.481 e. The number of halogens is 1. The van der Waals surface area contributed by atoms with Gasteiger partial charge in [-0.25, -0.2) is 0 Å². The van der Waals surface area contributed by atoms with Crippen LogP contribution in [0.2, 0.25) is 0 Å². The van der Waals surface area contributed by atoms with Gasteiger partial charge in [0.15, 0.2) is 0 Å². The minimum atomic E-state index is -0.809. The lowest BCUT2D eigenvalue weighted by Gasteiger charge is -2.07. The second-order valence-corrected chi connectivity index (χ2v) is 5.39. The maximum absolute atomic E-state index is 10.6. The van der Waals surface area contributed by atoms with Crippen LogP contribution >= 0.6 is 15.9 Å². The monoisotopic (exact) mass is 322 g/mol. The number of carboxylic acid groups (broad SMARTS) is 1. The van der Waals surface area contributed by atoms with Crippen LogP contribution in [0, 0.1) is 13.8 Å². The molecule has 0 bridgehead atoms. The molecule has 1 aromatic carbocycles. The first kappa shape index (κ1) is 13.8. The van der Waals surface area contributed by atoms with Gasteiger partial charge in [-0.15, -0.1) is 0 Å². The van der Waals surface area contributed by atoms with Crippen molar-refractivity contribution >= 4 is 21.9 Å². The number of hydrogen-bond acceptors (Lipinski definition) is 2. The van der Waals surface area contributed by atoms with Crippen LogP contribution in [0.15, 0.2) is 28.9 Å². The van der Waals surface area contributed by atoms with Gasteiger partial charge >= 0.3 is 5.97 Å². The van der Waals surface area contributed by atoms with E-state index in [9.17, 15) is 4.79 Å². The summed E-state index contributed by atoms with van der Waals surface area (Å²) >= 11 is 3.45. The summed E-state index contributed by atoms with van der Waals surface area (Å²) in [6.07, 6.45) is 1.88. The Balaban J connectivity index is 2.33. The lowest BCUT2D eigenvalue weighted by Crippen LogP contribution is -2.07. The molecule has 1 aromatic heterocycles. The Hall–Kier alpha value is -1.62. The van der Waals surface area contributed by atoms with E-state index in [-0.39, 0.29) is 6.42 Å². The SMILES string of the molecule is Cc1cc(Br)ccc1-c1cnn(CCC(=O)O)c1C. The third-order valence-electron chi connectivity index (χ3n) is 3.12. The highest BCUT2D eigenvalue weighted by atomic mass is 79.9. The van der Waals surface area contributed by atoms with Gasteiger partial charge in [-0.2, -0.15) is 5.10 Å². The molecule has 0 amide bonds. The molecule has 0 aliphatic rings. The minimum absolute atomic E-state index is 0.0846. The summed E-state index contributed by atoms with van der Waals surface area (Å²) in [5, 5.41) is 13.0. The molecule has 0 atom stereocenters. The molecule has 0 aliphatic heterocycles. The van der Waals surface area contributed by atoms with E-state index in [1.807, 2.05) is 26.0 Å². The lowest BCUT2D eigenvalue weighted by atomic mass is 10.0. The zero-order valence-electron chi connectivity index (χ0n) is 10.9. The first-order valence-corrected chi connectivity index (χ1v) is 6.79. The molecule has 19 heavy (non-hydrogen) atoms. The van der Waals surface area contributed by atoms with Crippen molar-refractivity contribution < 1.29 is 9.90 Å². The maximum Gasteiger partial charge on any atom is 0.305 e. The van der Waals surface area contributed by atoms with Gasteiger partial charge < -0.3 is 5.11 Å². The van der Waals surface area contributed by atoms with Crippen LogP contribution in [0.3, 0.4) is 0 Å². The molecule has 0 spiro atoms. The zero-order chi connectivity index (χ0) is 14.0. The molecule has 0 saturated carbocycles. The molecule has 2 rings (SSSR count). The van der Waals surface area contributed by atoms with E-state index in [4.69, 9.17) is 5.11 Å². The molecule has 0 unspecified atom stereocenters. The van der Waals surface area contributed by atoms with E-state index in [1.54, 1.807) is 10.9 Å². The molecule has 5 heteroatoms. The van der Waals surface area contributed by atoms with Crippen molar-refractivity contribution in [2.45, 2.75) is 26.8 Å². The summed E-state index contributed by atoms with van der Waals surface area (Å²) in [4.78, 5) is 10.6. The summed E-state index contributed by atoms with van der Waals surface area (Å²) in [6, 6.07) is 6.10. The van der Waals surface area contributed by atoms with Gasteiger partial charge in [0.05, 0.1) is 19.2 Å². The van der Waals surface area contributed by atoms with E-state index < -0.39 is 5.97 Å². The number of rotatable bonds is 4. The van der Waals surface area contributed by atoms with Crippen LogP contribution in [0.4, 0.5) is 0 Å². The third-order valence-corrected chi connectivity index (χ3v) is 3.61. The molecule has 0 aliphatic carbocycles. The third kappa shape index (κ3) is 3.04. The molecule has 1 N–H and O–H groups in total. The van der Waals surface area contributed by atoms with Gasteiger partial charge in [-0.05, 0) is 37.1 Å². The molecular weight excluding hydrogens is 308 g/mol. The van der Waals surface area contributed by atoms with Gasteiger partial charge in [-0.1, -0.05) is 22.0 Å². The number of carboxylic acids is 1. The predicted molar refractivity (Wildman–Crippen MR) is 77.1 cm³/mol. The van der Waals surface area contributed by atoms with Crippen molar-refractivity contribution in [1.29, 1.82) is 0 Å². The fourth-order valence-corrected chi connectivity index (χ4v) is 2.54. The van der Waals surface area contributed by atoms with Crippen LogP contribution in [0.1, 0.15) is 17.7 Å². The van der Waals surface area contributed by atoms with Crippen LogP contribution in [0.25, 0.3) is 11.1 Å². The van der Waals surface area contributed by atoms with Crippen LogP contribution in [-0.2, 0) is 11.3 Å². The van der Waals surface area contributed by atoms with Gasteiger partial charge in [0, 0.05) is 15.7 Å². The molecule has 0 fully saturated rings. The Morgan fingerprint density at radius 2 is 2.11 bits per heavy atom. The molecule has 0 saturated heterocycles. The van der Waals surface area contributed by atoms with Crippen LogP contribution in [-0.4, -0.2) is 20.9 Å². The maximum atomic E-state index is 10.6. The molecular formula is C14H15BrN2O2. The Bertz CT molecular complexity index is 620. The van der Waals surface area contributed by atoms with Crippen molar-refractivity contribution in [2.75, 3.05) is 0 Å². The Morgan fingerprint density at radius 3 is 2.74 bits per heavy atom. The minimum Gasteiger partial charge on any atom is -0.481 e. The van der Waals surface area contributed by atoms with Crippen molar-refractivity contribution in [3.8, 4) is 11.1 Å². The summed E-state index contributed by atoms with van der Waals surface area (Å²) in [5.74, 6) is -0.809. The molecule has 2 aromatic rings. The average molecular weight is 323 g/mol. The van der Waals surface area contributed by atoms with Crippen molar-refractivity contribution in [1.82, 2.24) is 9.78 Å². The van der Waals surface area contributed by atoms with E-state index >= 15 is 0 Å². The fourth-order valence-electron chi connectivity index (χ4n) is 2.07. The van der Waals surface area contributed by atoms with Crippen LogP contribution in [0.5, 0.6) is 0 Å². The first-order valence-electron chi connectivity index (χ1n) is 6.00. The van der Waals surface area contributed by atoms with Gasteiger partial charge in [-0.3, -0.25) is 9.48 Å². The number of nitrogens with zero attached hydrogens (tertiary/aromatic N) is 2. The van der Waals surface area contributed by atoms with Crippen molar-refractivity contribution in [3.63, 3.8) is 0 Å². The first-order chi connectivity index (χ1) is 8.99. The Kier molecular flexibility index (Phi) is 4.04. The number of benzene rings is 1. The highest BCUT2D eigenvalue weighted by Crippen LogP contribution is 2.28. The highest BCUT2D eigenvalue weighted by Gasteiger charge is 2.11. The number of carbonyl (C=O) groups is 1. The Morgan fingerprint density at radius 1 is 1.37 bits per heavy atom. The number of aliphatic carboxylic acids is 1. The quantitative estimate of drug-likeness (QED) is 0.938. The average Bonchev–Trinajstić information content (AvgIpc) is 2.68. The normalized spacial score (nSPS) is 10.7. The number of aryl methyl sites for hydroxylation is 2. The summed E-state index contributed by atoms with van der Waals surface area (Å²) < 4.78 is 2.79. The molecule has 1 heterocycles. The summed E-state index contributed by atoms with van der Waals surface area (Å²) in [5.41, 5.74) is 4.33. The molecule has 4 nitrogen and oxygen atoms in total. The van der Waals surface area contributed by atoms with Gasteiger partial charge in [0.1, 0.15) is 0 Å². The topological polar surface area (TPSA) is 55.1 Å².